The van der Waals surface area contributed by atoms with Crippen LogP contribution in [0, 0.1) is 0 Å². The van der Waals surface area contributed by atoms with Crippen LogP contribution in [0.15, 0.2) is 200 Å². The molecule has 1 heterocycles. The van der Waals surface area contributed by atoms with Crippen molar-refractivity contribution in [3.05, 3.63) is 200 Å². The van der Waals surface area contributed by atoms with Crippen molar-refractivity contribution in [3.8, 4) is 22.3 Å². The highest BCUT2D eigenvalue weighted by Gasteiger charge is 2.22. The SMILES string of the molecule is c1ccc(-c2c(-c3ccccc3)c3cc(N(c4ccc5c(c4)sc4ccccc45)c4cccc5c4ccc4ccccc45)ccc3c3ccccc23)cc1. The van der Waals surface area contributed by atoms with Crippen LogP contribution in [-0.2, 0) is 0 Å². The Bertz CT molecular complexity index is 3210. The van der Waals surface area contributed by atoms with Gasteiger partial charge in [0, 0.05) is 36.9 Å². The van der Waals surface area contributed by atoms with E-state index in [0.29, 0.717) is 0 Å². The largest absolute Gasteiger partial charge is 0.310 e. The van der Waals surface area contributed by atoms with E-state index in [9.17, 15) is 0 Å². The van der Waals surface area contributed by atoms with Gasteiger partial charge in [-0.25, -0.2) is 0 Å². The van der Waals surface area contributed by atoms with Crippen LogP contribution >= 0.6 is 11.3 Å². The Balaban J connectivity index is 1.25. The number of rotatable bonds is 5. The van der Waals surface area contributed by atoms with Crippen LogP contribution in [0.3, 0.4) is 0 Å². The Kier molecular flexibility index (Phi) is 7.11. The van der Waals surface area contributed by atoms with E-state index in [1.54, 1.807) is 0 Å². The fraction of sp³-hybridized carbons (Fsp3) is 0. The van der Waals surface area contributed by atoms with Crippen LogP contribution < -0.4 is 4.90 Å². The molecular weight excluding hydrogens is 671 g/mol. The molecule has 0 saturated carbocycles. The van der Waals surface area contributed by atoms with E-state index in [4.69, 9.17) is 0 Å². The number of fused-ring (bicyclic) bond motifs is 9. The lowest BCUT2D eigenvalue weighted by Gasteiger charge is -2.28. The third kappa shape index (κ3) is 4.85. The van der Waals surface area contributed by atoms with Crippen LogP contribution in [0.2, 0.25) is 0 Å². The summed E-state index contributed by atoms with van der Waals surface area (Å²) >= 11 is 1.87. The molecule has 0 spiro atoms. The van der Waals surface area contributed by atoms with Gasteiger partial charge >= 0.3 is 0 Å². The van der Waals surface area contributed by atoms with Gasteiger partial charge in [0.1, 0.15) is 0 Å². The molecule has 0 unspecified atom stereocenters. The van der Waals surface area contributed by atoms with Crippen molar-refractivity contribution in [2.45, 2.75) is 0 Å². The first kappa shape index (κ1) is 30.8. The Hall–Kier alpha value is -6.74. The van der Waals surface area contributed by atoms with E-state index in [-0.39, 0.29) is 0 Å². The topological polar surface area (TPSA) is 3.24 Å². The molecule has 0 radical (unpaired) electrons. The number of hydrogen-bond acceptors (Lipinski definition) is 2. The second-order valence-corrected chi connectivity index (χ2v) is 15.1. The van der Waals surface area contributed by atoms with E-state index in [1.807, 2.05) is 11.3 Å². The van der Waals surface area contributed by atoms with Gasteiger partial charge in [0.2, 0.25) is 0 Å². The number of thiophene rings is 1. The molecule has 0 N–H and O–H groups in total. The van der Waals surface area contributed by atoms with Crippen molar-refractivity contribution in [3.63, 3.8) is 0 Å². The van der Waals surface area contributed by atoms with Crippen LogP contribution in [0.4, 0.5) is 17.1 Å². The maximum Gasteiger partial charge on any atom is 0.0540 e. The minimum absolute atomic E-state index is 1.12. The lowest BCUT2D eigenvalue weighted by Crippen LogP contribution is -2.10. The van der Waals surface area contributed by atoms with Gasteiger partial charge in [0.15, 0.2) is 0 Å². The monoisotopic (exact) mass is 703 g/mol. The summed E-state index contributed by atoms with van der Waals surface area (Å²) in [6.45, 7) is 0. The lowest BCUT2D eigenvalue weighted by atomic mass is 9.85. The van der Waals surface area contributed by atoms with Crippen molar-refractivity contribution in [1.29, 1.82) is 0 Å². The number of anilines is 3. The quantitative estimate of drug-likeness (QED) is 0.161. The predicted octanol–water partition coefficient (Wildman–Crippen LogP) is 15.5. The summed E-state index contributed by atoms with van der Waals surface area (Å²) in [4.78, 5) is 2.48. The Morgan fingerprint density at radius 1 is 0.296 bits per heavy atom. The number of hydrogen-bond donors (Lipinski definition) is 0. The van der Waals surface area contributed by atoms with E-state index in [0.717, 1.165) is 17.1 Å². The molecule has 252 valence electrons. The fourth-order valence-electron chi connectivity index (χ4n) is 8.63. The third-order valence-electron chi connectivity index (χ3n) is 11.0. The zero-order valence-electron chi connectivity index (χ0n) is 29.4. The molecule has 0 fully saturated rings. The Labute approximate surface area is 317 Å². The highest BCUT2D eigenvalue weighted by molar-refractivity contribution is 7.25. The Morgan fingerprint density at radius 2 is 0.815 bits per heavy atom. The third-order valence-corrected chi connectivity index (χ3v) is 12.2. The standard InChI is InChI=1S/C52H33NS/c1-3-15-35(16-4-1)51-46-22-10-9-20-41(46)42-30-27-37(32-47(42)52(51)36-17-5-2-6-18-36)53(38-28-31-45-44-21-11-12-25-49(44)54-50(45)33-38)48-24-13-23-40-39-19-8-7-14-34(39)26-29-43(40)48/h1-33H. The van der Waals surface area contributed by atoms with Gasteiger partial charge in [-0.3, -0.25) is 0 Å². The Morgan fingerprint density at radius 3 is 1.59 bits per heavy atom. The summed E-state index contributed by atoms with van der Waals surface area (Å²) in [6.07, 6.45) is 0. The van der Waals surface area contributed by atoms with Crippen LogP contribution in [0.25, 0.3) is 85.5 Å². The number of benzene rings is 10. The first-order valence-electron chi connectivity index (χ1n) is 18.5. The highest BCUT2D eigenvalue weighted by atomic mass is 32.1. The molecule has 11 aromatic rings. The minimum atomic E-state index is 1.12. The maximum absolute atomic E-state index is 2.48. The molecule has 10 aromatic carbocycles. The highest BCUT2D eigenvalue weighted by Crippen LogP contribution is 2.48. The summed E-state index contributed by atoms with van der Waals surface area (Å²) in [5.41, 5.74) is 8.35. The zero-order chi connectivity index (χ0) is 35.6. The summed E-state index contributed by atoms with van der Waals surface area (Å²) in [5.74, 6) is 0. The van der Waals surface area contributed by atoms with Gasteiger partial charge in [-0.1, -0.05) is 164 Å². The average Bonchev–Trinajstić information content (AvgIpc) is 3.62. The van der Waals surface area contributed by atoms with Gasteiger partial charge in [0.25, 0.3) is 0 Å². The van der Waals surface area contributed by atoms with Crippen LogP contribution in [-0.4, -0.2) is 0 Å². The van der Waals surface area contributed by atoms with Crippen molar-refractivity contribution < 1.29 is 0 Å². The molecule has 1 nitrogen and oxygen atoms in total. The second-order valence-electron chi connectivity index (χ2n) is 14.0. The van der Waals surface area contributed by atoms with Gasteiger partial charge in [-0.2, -0.15) is 0 Å². The van der Waals surface area contributed by atoms with Gasteiger partial charge < -0.3 is 4.90 Å². The van der Waals surface area contributed by atoms with Crippen molar-refractivity contribution in [1.82, 2.24) is 0 Å². The molecule has 0 aliphatic rings. The van der Waals surface area contributed by atoms with Gasteiger partial charge in [-0.05, 0) is 96.4 Å². The first-order valence-corrected chi connectivity index (χ1v) is 19.3. The average molecular weight is 704 g/mol. The van der Waals surface area contributed by atoms with Gasteiger partial charge in [-0.15, -0.1) is 11.3 Å². The maximum atomic E-state index is 2.48. The smallest absolute Gasteiger partial charge is 0.0540 e. The molecule has 0 bridgehead atoms. The molecule has 0 amide bonds. The first-order chi connectivity index (χ1) is 26.8. The molecule has 11 rings (SSSR count). The summed E-state index contributed by atoms with van der Waals surface area (Å²) in [7, 11) is 0. The number of nitrogens with zero attached hydrogens (tertiary/aromatic N) is 1. The summed E-state index contributed by atoms with van der Waals surface area (Å²) in [6, 6.07) is 73.6. The van der Waals surface area contributed by atoms with E-state index >= 15 is 0 Å². The predicted molar refractivity (Wildman–Crippen MR) is 235 cm³/mol. The van der Waals surface area contributed by atoms with Crippen molar-refractivity contribution in [2.75, 3.05) is 4.90 Å². The summed E-state index contributed by atoms with van der Waals surface area (Å²) < 4.78 is 2.60. The van der Waals surface area contributed by atoms with Gasteiger partial charge in [0.05, 0.1) is 5.69 Å². The van der Waals surface area contributed by atoms with E-state index < -0.39 is 0 Å². The minimum Gasteiger partial charge on any atom is -0.310 e. The lowest BCUT2D eigenvalue weighted by molar-refractivity contribution is 1.31. The molecule has 2 heteroatoms. The zero-order valence-corrected chi connectivity index (χ0v) is 30.2. The molecular formula is C52H33NS. The molecule has 0 aliphatic carbocycles. The van der Waals surface area contributed by atoms with Crippen LogP contribution in [0.1, 0.15) is 0 Å². The molecule has 1 aromatic heterocycles. The van der Waals surface area contributed by atoms with E-state index in [1.165, 1.54) is 85.5 Å². The molecule has 0 atom stereocenters. The second kappa shape index (κ2) is 12.4. The molecule has 0 saturated heterocycles. The normalized spacial score (nSPS) is 11.7. The van der Waals surface area contributed by atoms with E-state index in [2.05, 4.69) is 205 Å². The molecule has 0 aliphatic heterocycles. The van der Waals surface area contributed by atoms with Crippen molar-refractivity contribution >= 4 is 91.7 Å². The van der Waals surface area contributed by atoms with Crippen LogP contribution in [0.5, 0.6) is 0 Å². The summed E-state index contributed by atoms with van der Waals surface area (Å²) in [5, 5.41) is 12.6. The fourth-order valence-corrected chi connectivity index (χ4v) is 9.77. The molecule has 54 heavy (non-hydrogen) atoms. The van der Waals surface area contributed by atoms with Crippen molar-refractivity contribution in [2.24, 2.45) is 0 Å².